The minimum atomic E-state index is -0.00787. The lowest BCUT2D eigenvalue weighted by Crippen LogP contribution is -2.30. The minimum Gasteiger partial charge on any atom is -0.497 e. The summed E-state index contributed by atoms with van der Waals surface area (Å²) in [5.74, 6) is 0.912. The lowest BCUT2D eigenvalue weighted by molar-refractivity contribution is 0.415. The van der Waals surface area contributed by atoms with Crippen molar-refractivity contribution in [3.63, 3.8) is 0 Å². The summed E-state index contributed by atoms with van der Waals surface area (Å²) in [5.41, 5.74) is 3.83. The largest absolute Gasteiger partial charge is 0.497 e. The Kier molecular flexibility index (Phi) is 3.23. The van der Waals surface area contributed by atoms with Crippen molar-refractivity contribution >= 4 is 38.1 Å². The van der Waals surface area contributed by atoms with Crippen LogP contribution in [0, 0.1) is 0 Å². The van der Waals surface area contributed by atoms with Gasteiger partial charge >= 0.3 is 10.3 Å². The molecule has 0 saturated carbocycles. The number of methoxy groups -OCH3 is 1. The molecule has 0 bridgehead atoms. The van der Waals surface area contributed by atoms with Gasteiger partial charge < -0.3 is 10.1 Å². The first kappa shape index (κ1) is 13.2. The highest BCUT2D eigenvalue weighted by Gasteiger charge is 2.39. The summed E-state index contributed by atoms with van der Waals surface area (Å²) in [5, 5.41) is 3.63. The summed E-state index contributed by atoms with van der Waals surface area (Å²) in [6.07, 6.45) is 2.15. The molecule has 0 unspecified atom stereocenters. The molecular formula is C14H16NOS3+. The highest BCUT2D eigenvalue weighted by Crippen LogP contribution is 2.53. The fourth-order valence-corrected chi connectivity index (χ4v) is 6.75. The first-order chi connectivity index (χ1) is 9.06. The Bertz CT molecular complexity index is 634. The average molecular weight is 310 g/mol. The van der Waals surface area contributed by atoms with Gasteiger partial charge in [-0.25, -0.2) is 0 Å². The predicted molar refractivity (Wildman–Crippen MR) is 87.0 cm³/mol. The van der Waals surface area contributed by atoms with E-state index in [9.17, 15) is 0 Å². The Morgan fingerprint density at radius 2 is 2.16 bits per heavy atom. The molecule has 1 N–H and O–H groups in total. The number of benzene rings is 1. The molecule has 2 heterocycles. The lowest BCUT2D eigenvalue weighted by Gasteiger charge is -2.32. The van der Waals surface area contributed by atoms with Crippen LogP contribution in [0.25, 0.3) is 11.1 Å². The lowest BCUT2D eigenvalue weighted by atomic mass is 9.90. The van der Waals surface area contributed by atoms with Gasteiger partial charge in [0.15, 0.2) is 10.3 Å². The Morgan fingerprint density at radius 3 is 2.84 bits per heavy atom. The van der Waals surface area contributed by atoms with Gasteiger partial charge in [0, 0.05) is 11.3 Å². The van der Waals surface area contributed by atoms with Crippen LogP contribution in [0.1, 0.15) is 18.7 Å². The van der Waals surface area contributed by atoms with Gasteiger partial charge in [-0.1, -0.05) is 11.8 Å². The molecule has 2 nitrogen and oxygen atoms in total. The monoisotopic (exact) mass is 310 g/mol. The topological polar surface area (TPSA) is 21.3 Å². The molecule has 1 aliphatic rings. The number of hydrogen-bond donors (Lipinski definition) is 1. The molecule has 1 aliphatic heterocycles. The number of fused-ring (bicyclic) bond motifs is 3. The Morgan fingerprint density at radius 1 is 1.37 bits per heavy atom. The van der Waals surface area contributed by atoms with Crippen LogP contribution in [-0.2, 0) is 5.54 Å². The number of rotatable bonds is 2. The highest BCUT2D eigenvalue weighted by molar-refractivity contribution is 8.02. The van der Waals surface area contributed by atoms with Crippen LogP contribution in [0.15, 0.2) is 22.4 Å². The van der Waals surface area contributed by atoms with E-state index in [2.05, 4.69) is 37.6 Å². The van der Waals surface area contributed by atoms with Gasteiger partial charge in [-0.05, 0) is 38.3 Å². The summed E-state index contributed by atoms with van der Waals surface area (Å²) in [6.45, 7) is 4.48. The zero-order valence-electron chi connectivity index (χ0n) is 11.4. The van der Waals surface area contributed by atoms with Crippen LogP contribution >= 0.6 is 32.4 Å². The van der Waals surface area contributed by atoms with Crippen molar-refractivity contribution in [1.82, 2.24) is 0 Å². The molecule has 0 atom stereocenters. The van der Waals surface area contributed by atoms with Crippen molar-refractivity contribution in [2.24, 2.45) is 0 Å². The van der Waals surface area contributed by atoms with Gasteiger partial charge in [0.1, 0.15) is 10.6 Å². The van der Waals surface area contributed by atoms with E-state index in [1.165, 1.54) is 25.9 Å². The molecule has 19 heavy (non-hydrogen) atoms. The normalized spacial score (nSPS) is 15.4. The maximum atomic E-state index is 5.37. The first-order valence-corrected chi connectivity index (χ1v) is 9.41. The summed E-state index contributed by atoms with van der Waals surface area (Å²) in [7, 11) is 5.46. The van der Waals surface area contributed by atoms with Crippen molar-refractivity contribution < 1.29 is 4.74 Å². The number of ether oxygens (including phenoxy) is 1. The molecule has 1 aromatic heterocycles. The fraction of sp³-hybridized carbons (Fsp3) is 0.357. The third-order valence-corrected chi connectivity index (χ3v) is 7.54. The van der Waals surface area contributed by atoms with Crippen LogP contribution in [0.3, 0.4) is 0 Å². The van der Waals surface area contributed by atoms with Crippen molar-refractivity contribution in [3.05, 3.63) is 23.1 Å². The van der Waals surface area contributed by atoms with Gasteiger partial charge in [-0.15, -0.1) is 0 Å². The van der Waals surface area contributed by atoms with Crippen molar-refractivity contribution in [2.75, 3.05) is 18.7 Å². The summed E-state index contributed by atoms with van der Waals surface area (Å²) in [6, 6.07) is 6.27. The van der Waals surface area contributed by atoms with Gasteiger partial charge in [0.25, 0.3) is 4.21 Å². The molecule has 0 aliphatic carbocycles. The quantitative estimate of drug-likeness (QED) is 0.471. The van der Waals surface area contributed by atoms with Crippen LogP contribution < -0.4 is 10.1 Å². The Balaban J connectivity index is 2.28. The van der Waals surface area contributed by atoms with Crippen molar-refractivity contribution in [1.29, 1.82) is 0 Å². The molecule has 0 fully saturated rings. The van der Waals surface area contributed by atoms with Crippen molar-refractivity contribution in [3.8, 4) is 16.9 Å². The zero-order valence-corrected chi connectivity index (χ0v) is 13.8. The second kappa shape index (κ2) is 4.65. The summed E-state index contributed by atoms with van der Waals surface area (Å²) in [4.78, 5) is 1.42. The molecule has 1 aromatic carbocycles. The number of nitrogens with one attached hydrogen (secondary N) is 1. The molecule has 5 heteroatoms. The average Bonchev–Trinajstić information content (AvgIpc) is 2.83. The first-order valence-electron chi connectivity index (χ1n) is 6.04. The molecule has 100 valence electrons. The fourth-order valence-electron chi connectivity index (χ4n) is 2.40. The van der Waals surface area contributed by atoms with Crippen LogP contribution in [0.2, 0.25) is 0 Å². The van der Waals surface area contributed by atoms with E-state index in [1.807, 2.05) is 38.5 Å². The smallest absolute Gasteiger partial charge is 0.308 e. The van der Waals surface area contributed by atoms with E-state index in [0.29, 0.717) is 0 Å². The van der Waals surface area contributed by atoms with Gasteiger partial charge in [0.05, 0.1) is 18.2 Å². The Hall–Kier alpha value is -0.780. The van der Waals surface area contributed by atoms with E-state index in [1.54, 1.807) is 7.11 Å². The maximum Gasteiger partial charge on any atom is 0.308 e. The van der Waals surface area contributed by atoms with Crippen LogP contribution in [0.5, 0.6) is 5.75 Å². The predicted octanol–water partition coefficient (Wildman–Crippen LogP) is 5.15. The summed E-state index contributed by atoms with van der Waals surface area (Å²) < 4.78 is 6.76. The number of thioether (sulfide) groups is 1. The third-order valence-electron chi connectivity index (χ3n) is 3.33. The molecule has 0 saturated heterocycles. The second-order valence-corrected chi connectivity index (χ2v) is 8.25. The van der Waals surface area contributed by atoms with E-state index < -0.39 is 0 Å². The van der Waals surface area contributed by atoms with Crippen LogP contribution in [-0.4, -0.2) is 13.4 Å². The molecule has 0 spiro atoms. The molecule has 3 rings (SSSR count). The summed E-state index contributed by atoms with van der Waals surface area (Å²) >= 11 is 1.83. The van der Waals surface area contributed by atoms with E-state index in [0.717, 1.165) is 5.75 Å². The minimum absolute atomic E-state index is 0.00787. The second-order valence-electron chi connectivity index (χ2n) is 5.02. The highest BCUT2D eigenvalue weighted by atomic mass is 32.9. The maximum absolute atomic E-state index is 5.37. The molecule has 0 amide bonds. The van der Waals surface area contributed by atoms with Gasteiger partial charge in [-0.2, -0.15) is 0 Å². The number of anilines is 1. The SMILES string of the molecule is COc1ccc2c(c1)-c1c(s[s+]c1SC)C(C)(C)N2. The van der Waals surface area contributed by atoms with E-state index >= 15 is 0 Å². The standard InChI is InChI=1S/C14H16NOS3/c1-14(2)12-11(13(17-4)19-18-12)9-7-8(16-3)5-6-10(9)15-14/h5-7,15H,1-4H3/q+1. The third kappa shape index (κ3) is 2.04. The number of hydrogen-bond acceptors (Lipinski definition) is 4. The van der Waals surface area contributed by atoms with E-state index in [4.69, 9.17) is 4.74 Å². The zero-order chi connectivity index (χ0) is 13.6. The van der Waals surface area contributed by atoms with Crippen molar-refractivity contribution in [2.45, 2.75) is 23.6 Å². The van der Waals surface area contributed by atoms with Gasteiger partial charge in [0.2, 0.25) is 0 Å². The van der Waals surface area contributed by atoms with E-state index in [-0.39, 0.29) is 5.54 Å². The molecular weight excluding hydrogens is 294 g/mol. The molecule has 0 radical (unpaired) electrons. The Labute approximate surface area is 125 Å². The molecule has 2 aromatic rings. The van der Waals surface area contributed by atoms with Crippen LogP contribution in [0.4, 0.5) is 5.69 Å². The van der Waals surface area contributed by atoms with Gasteiger partial charge in [-0.3, -0.25) is 0 Å².